The molecule has 0 N–H and O–H groups in total. The monoisotopic (exact) mass is 466 g/mol. The molecule has 0 spiro atoms. The summed E-state index contributed by atoms with van der Waals surface area (Å²) < 4.78 is 5.87. The molecule has 0 saturated carbocycles. The van der Waals surface area contributed by atoms with Crippen LogP contribution in [0, 0.1) is 0 Å². The fourth-order valence-electron chi connectivity index (χ4n) is 4.24. The highest BCUT2D eigenvalue weighted by atomic mass is 35.5. The van der Waals surface area contributed by atoms with Crippen LogP contribution in [0.1, 0.15) is 56.3 Å². The molecule has 7 nitrogen and oxygen atoms in total. The van der Waals surface area contributed by atoms with E-state index in [9.17, 15) is 9.59 Å². The van der Waals surface area contributed by atoms with Crippen molar-refractivity contribution in [3.63, 3.8) is 0 Å². The first-order chi connectivity index (χ1) is 15.8. The minimum absolute atomic E-state index is 0.222. The van der Waals surface area contributed by atoms with E-state index in [0.717, 1.165) is 5.39 Å². The van der Waals surface area contributed by atoms with E-state index in [0.29, 0.717) is 46.4 Å². The van der Waals surface area contributed by atoms with Crippen LogP contribution in [0.2, 0.25) is 5.15 Å². The van der Waals surface area contributed by atoms with Crippen LogP contribution in [-0.4, -0.2) is 45.4 Å². The average Bonchev–Trinajstić information content (AvgIpc) is 3.04. The van der Waals surface area contributed by atoms with Gasteiger partial charge in [-0.15, -0.1) is 0 Å². The maximum atomic E-state index is 13.3. The molecule has 3 aromatic rings. The van der Waals surface area contributed by atoms with Gasteiger partial charge in [-0.2, -0.15) is 0 Å². The van der Waals surface area contributed by atoms with Crippen LogP contribution < -0.4 is 4.90 Å². The predicted octanol–water partition coefficient (Wildman–Crippen LogP) is 4.99. The normalized spacial score (nSPS) is 15.7. The minimum atomic E-state index is -0.892. The Labute approximate surface area is 198 Å². The Morgan fingerprint density at radius 2 is 1.76 bits per heavy atom. The molecular formula is C25H27ClN4O3. The minimum Gasteiger partial charge on any atom is -0.437 e. The lowest BCUT2D eigenvalue weighted by molar-refractivity contribution is -0.149. The van der Waals surface area contributed by atoms with Crippen molar-refractivity contribution >= 4 is 40.3 Å². The van der Waals surface area contributed by atoms with Crippen LogP contribution in [0.15, 0.2) is 48.5 Å². The predicted molar refractivity (Wildman–Crippen MR) is 128 cm³/mol. The third kappa shape index (κ3) is 4.70. The van der Waals surface area contributed by atoms with Gasteiger partial charge in [-0.25, -0.2) is 9.97 Å². The first kappa shape index (κ1) is 23.1. The quantitative estimate of drug-likeness (QED) is 0.360. The smallest absolute Gasteiger partial charge is 0.309 e. The molecule has 1 atom stereocenters. The lowest BCUT2D eigenvalue weighted by Crippen LogP contribution is -2.39. The number of ether oxygens (including phenoxy) is 1. The van der Waals surface area contributed by atoms with E-state index in [-0.39, 0.29) is 18.3 Å². The van der Waals surface area contributed by atoms with Crippen molar-refractivity contribution in [3.05, 3.63) is 64.8 Å². The molecule has 1 aliphatic rings. The molecule has 4 rings (SSSR count). The van der Waals surface area contributed by atoms with E-state index in [4.69, 9.17) is 16.3 Å². The van der Waals surface area contributed by atoms with Crippen LogP contribution in [0.4, 0.5) is 5.82 Å². The summed E-state index contributed by atoms with van der Waals surface area (Å²) in [6, 6.07) is 14.8. The Bertz CT molecular complexity index is 1190. The number of hydrogen-bond acceptors (Lipinski definition) is 6. The number of esters is 1. The van der Waals surface area contributed by atoms with Crippen molar-refractivity contribution in [2.45, 2.75) is 52.4 Å². The van der Waals surface area contributed by atoms with Crippen molar-refractivity contribution in [2.75, 3.05) is 11.4 Å². The van der Waals surface area contributed by atoms with Crippen LogP contribution in [0.3, 0.4) is 0 Å². The molecule has 0 fully saturated rings. The van der Waals surface area contributed by atoms with Gasteiger partial charge in [0.25, 0.3) is 5.91 Å². The van der Waals surface area contributed by atoms with Gasteiger partial charge < -0.3 is 4.74 Å². The molecule has 1 aromatic carbocycles. The zero-order valence-electron chi connectivity index (χ0n) is 19.2. The van der Waals surface area contributed by atoms with E-state index < -0.39 is 6.23 Å². The third-order valence-corrected chi connectivity index (χ3v) is 6.02. The molecule has 0 aliphatic carbocycles. The number of carbonyl (C=O) groups is 2. The molecule has 0 bridgehead atoms. The molecule has 33 heavy (non-hydrogen) atoms. The molecule has 1 unspecified atom stereocenters. The van der Waals surface area contributed by atoms with Crippen LogP contribution in [0.25, 0.3) is 11.0 Å². The average molecular weight is 467 g/mol. The Morgan fingerprint density at radius 1 is 1.06 bits per heavy atom. The summed E-state index contributed by atoms with van der Waals surface area (Å²) in [6.07, 6.45) is -0.670. The second-order valence-corrected chi connectivity index (χ2v) is 9.02. The zero-order valence-corrected chi connectivity index (χ0v) is 19.9. The van der Waals surface area contributed by atoms with E-state index in [1.807, 2.05) is 18.2 Å². The number of carbonyl (C=O) groups excluding carboxylic acids is 2. The van der Waals surface area contributed by atoms with Gasteiger partial charge in [-0.1, -0.05) is 29.8 Å². The SMILES string of the molecule is CC(C)N(CCC(=O)OC1c2ccccc2C(=O)N1c1ccc2ccc(Cl)nc2n1)C(C)C. The summed E-state index contributed by atoms with van der Waals surface area (Å²) in [7, 11) is 0. The van der Waals surface area contributed by atoms with Crippen LogP contribution in [-0.2, 0) is 9.53 Å². The number of hydrogen-bond donors (Lipinski definition) is 0. The molecule has 0 radical (unpaired) electrons. The van der Waals surface area contributed by atoms with Crippen molar-refractivity contribution in [2.24, 2.45) is 0 Å². The fourth-order valence-corrected chi connectivity index (χ4v) is 4.38. The van der Waals surface area contributed by atoms with Gasteiger partial charge in [0.1, 0.15) is 11.0 Å². The molecule has 0 saturated heterocycles. The lowest BCUT2D eigenvalue weighted by Gasteiger charge is -2.30. The van der Waals surface area contributed by atoms with Gasteiger partial charge in [0, 0.05) is 35.1 Å². The van der Waals surface area contributed by atoms with Crippen molar-refractivity contribution in [1.29, 1.82) is 0 Å². The fraction of sp³-hybridized carbons (Fsp3) is 0.360. The maximum Gasteiger partial charge on any atom is 0.309 e. The topological polar surface area (TPSA) is 75.6 Å². The summed E-state index contributed by atoms with van der Waals surface area (Å²) in [5.74, 6) is -0.298. The second kappa shape index (κ2) is 9.45. The molecular weight excluding hydrogens is 440 g/mol. The van der Waals surface area contributed by atoms with Gasteiger partial charge in [-0.3, -0.25) is 19.4 Å². The number of aromatic nitrogens is 2. The van der Waals surface area contributed by atoms with E-state index in [1.54, 1.807) is 30.3 Å². The van der Waals surface area contributed by atoms with Crippen molar-refractivity contribution in [3.8, 4) is 0 Å². The summed E-state index contributed by atoms with van der Waals surface area (Å²) in [4.78, 5) is 38.6. The Morgan fingerprint density at radius 3 is 2.48 bits per heavy atom. The lowest BCUT2D eigenvalue weighted by atomic mass is 10.1. The summed E-state index contributed by atoms with van der Waals surface area (Å²) in [5.41, 5.74) is 1.54. The number of pyridine rings is 2. The highest BCUT2D eigenvalue weighted by molar-refractivity contribution is 6.29. The number of fused-ring (bicyclic) bond motifs is 2. The molecule has 1 aliphatic heterocycles. The van der Waals surface area contributed by atoms with Crippen LogP contribution >= 0.6 is 11.6 Å². The van der Waals surface area contributed by atoms with Gasteiger partial charge in [0.2, 0.25) is 6.23 Å². The number of halogens is 1. The van der Waals surface area contributed by atoms with E-state index >= 15 is 0 Å². The summed E-state index contributed by atoms with van der Waals surface area (Å²) >= 11 is 6.03. The first-order valence-electron chi connectivity index (χ1n) is 11.1. The van der Waals surface area contributed by atoms with Crippen molar-refractivity contribution < 1.29 is 14.3 Å². The summed E-state index contributed by atoms with van der Waals surface area (Å²) in [5, 5.41) is 1.11. The standard InChI is InChI=1S/C25H27ClN4O3/c1-15(2)29(16(3)4)14-13-22(31)33-25-19-8-6-5-7-18(19)24(32)30(25)21-12-10-17-9-11-20(26)27-23(17)28-21/h5-12,15-16,25H,13-14H2,1-4H3. The maximum absolute atomic E-state index is 13.3. The molecule has 172 valence electrons. The van der Waals surface area contributed by atoms with Crippen molar-refractivity contribution in [1.82, 2.24) is 14.9 Å². The Hall–Kier alpha value is -3.03. The third-order valence-electron chi connectivity index (χ3n) is 5.80. The molecule has 2 aromatic heterocycles. The summed E-state index contributed by atoms with van der Waals surface area (Å²) in [6.45, 7) is 8.98. The molecule has 8 heteroatoms. The number of anilines is 1. The number of amides is 1. The second-order valence-electron chi connectivity index (χ2n) is 8.63. The largest absolute Gasteiger partial charge is 0.437 e. The molecule has 3 heterocycles. The highest BCUT2D eigenvalue weighted by Crippen LogP contribution is 2.38. The number of benzene rings is 1. The highest BCUT2D eigenvalue weighted by Gasteiger charge is 2.41. The first-order valence-corrected chi connectivity index (χ1v) is 11.4. The van der Waals surface area contributed by atoms with E-state index in [1.165, 1.54) is 4.90 Å². The van der Waals surface area contributed by atoms with E-state index in [2.05, 4.69) is 42.6 Å². The van der Waals surface area contributed by atoms with Crippen LogP contribution in [0.5, 0.6) is 0 Å². The zero-order chi connectivity index (χ0) is 23.7. The van der Waals surface area contributed by atoms with Gasteiger partial charge in [-0.05, 0) is 58.0 Å². The Kier molecular flexibility index (Phi) is 6.63. The number of rotatable bonds is 7. The van der Waals surface area contributed by atoms with Gasteiger partial charge in [0.05, 0.1) is 6.42 Å². The molecule has 1 amide bonds. The van der Waals surface area contributed by atoms with Gasteiger partial charge in [0.15, 0.2) is 5.65 Å². The Balaban J connectivity index is 1.63. The number of nitrogens with zero attached hydrogens (tertiary/aromatic N) is 4. The van der Waals surface area contributed by atoms with Gasteiger partial charge >= 0.3 is 5.97 Å².